The Morgan fingerprint density at radius 2 is 2.42 bits per heavy atom. The van der Waals surface area contributed by atoms with Crippen LogP contribution in [0.1, 0.15) is 0 Å². The van der Waals surface area contributed by atoms with Crippen LogP contribution in [0.4, 0.5) is 5.82 Å². The van der Waals surface area contributed by atoms with Crippen LogP contribution in [0.5, 0.6) is 0 Å². The minimum absolute atomic E-state index is 0. The van der Waals surface area contributed by atoms with Gasteiger partial charge in [0.1, 0.15) is 6.54 Å². The summed E-state index contributed by atoms with van der Waals surface area (Å²) in [5.41, 5.74) is 5.34. The minimum Gasteiger partial charge on any atom is -0.480 e. The summed E-state index contributed by atoms with van der Waals surface area (Å²) < 4.78 is 1.86. The van der Waals surface area contributed by atoms with Gasteiger partial charge in [-0.3, -0.25) is 9.48 Å². The van der Waals surface area contributed by atoms with E-state index in [-0.39, 0.29) is 23.5 Å². The van der Waals surface area contributed by atoms with Gasteiger partial charge in [-0.25, -0.2) is 0 Å². The number of carbonyl (C=O) groups is 1. The van der Waals surface area contributed by atoms with Crippen LogP contribution < -0.4 is 5.73 Å². The number of aliphatic carboxylic acids is 1. The zero-order chi connectivity index (χ0) is 8.43. The molecule has 12 heavy (non-hydrogen) atoms. The van der Waals surface area contributed by atoms with Gasteiger partial charge in [-0.1, -0.05) is 0 Å². The number of aromatic nitrogens is 2. The number of nitrogen functional groups attached to an aromatic ring is 1. The van der Waals surface area contributed by atoms with Crippen molar-refractivity contribution in [1.29, 1.82) is 0 Å². The molecule has 0 radical (unpaired) electrons. The van der Waals surface area contributed by atoms with Crippen molar-refractivity contribution in [3.05, 3.63) is 10.7 Å². The Morgan fingerprint density at radius 3 is 2.75 bits per heavy atom. The summed E-state index contributed by atoms with van der Waals surface area (Å²) in [6.07, 6.45) is 1.52. The first-order valence-electron chi connectivity index (χ1n) is 2.80. The monoisotopic (exact) mass is 299 g/mol. The summed E-state index contributed by atoms with van der Waals surface area (Å²) >= 11 is 3.10. The van der Waals surface area contributed by atoms with Gasteiger partial charge in [0.25, 0.3) is 0 Å². The lowest BCUT2D eigenvalue weighted by Crippen LogP contribution is -2.09. The van der Waals surface area contributed by atoms with E-state index in [0.29, 0.717) is 10.3 Å². The third kappa shape index (κ3) is 2.82. The predicted octanol–water partition coefficient (Wildman–Crippen LogP) is 0.890. The highest BCUT2D eigenvalue weighted by Crippen LogP contribution is 2.15. The fourth-order valence-electron chi connectivity index (χ4n) is 0.632. The van der Waals surface area contributed by atoms with Crippen LogP contribution in [0, 0.1) is 0 Å². The van der Waals surface area contributed by atoms with E-state index in [1.165, 1.54) is 10.9 Å². The Labute approximate surface area is 87.4 Å². The van der Waals surface area contributed by atoms with Crippen LogP contribution in [-0.2, 0) is 11.3 Å². The molecule has 1 aromatic heterocycles. The van der Waals surface area contributed by atoms with Gasteiger partial charge >= 0.3 is 5.97 Å². The quantitative estimate of drug-likeness (QED) is 0.850. The molecule has 1 rings (SSSR count). The number of halogens is 2. The summed E-state index contributed by atoms with van der Waals surface area (Å²) in [4.78, 5) is 10.2. The molecule has 1 heterocycles. The highest BCUT2D eigenvalue weighted by atomic mass is 79.9. The number of nitrogens with zero attached hydrogens (tertiary/aromatic N) is 2. The van der Waals surface area contributed by atoms with Gasteiger partial charge in [0.05, 0.1) is 4.47 Å². The van der Waals surface area contributed by atoms with Crippen molar-refractivity contribution >= 4 is 44.7 Å². The van der Waals surface area contributed by atoms with Gasteiger partial charge in [-0.2, -0.15) is 5.10 Å². The van der Waals surface area contributed by atoms with Crippen molar-refractivity contribution in [3.63, 3.8) is 0 Å². The van der Waals surface area contributed by atoms with E-state index < -0.39 is 5.97 Å². The van der Waals surface area contributed by atoms with Gasteiger partial charge in [0, 0.05) is 6.20 Å². The van der Waals surface area contributed by atoms with Gasteiger partial charge in [-0.15, -0.1) is 17.0 Å². The van der Waals surface area contributed by atoms with Crippen LogP contribution in [0.15, 0.2) is 10.7 Å². The molecule has 0 bridgehead atoms. The highest BCUT2D eigenvalue weighted by Gasteiger charge is 2.04. The SMILES string of the molecule is Br.Nc1nn(CC(=O)O)cc1Br. The fraction of sp³-hybridized carbons (Fsp3) is 0.200. The normalized spacial score (nSPS) is 9.08. The van der Waals surface area contributed by atoms with E-state index in [4.69, 9.17) is 10.8 Å². The summed E-state index contributed by atoms with van der Waals surface area (Å²) in [5, 5.41) is 12.1. The van der Waals surface area contributed by atoms with E-state index in [2.05, 4.69) is 21.0 Å². The number of hydrogen-bond donors (Lipinski definition) is 2. The van der Waals surface area contributed by atoms with Crippen LogP contribution in [0.3, 0.4) is 0 Å². The van der Waals surface area contributed by atoms with Crippen LogP contribution in [-0.4, -0.2) is 20.9 Å². The van der Waals surface area contributed by atoms with Crippen molar-refractivity contribution in [3.8, 4) is 0 Å². The van der Waals surface area contributed by atoms with E-state index >= 15 is 0 Å². The third-order valence-corrected chi connectivity index (χ3v) is 1.65. The molecule has 0 aromatic carbocycles. The average molecular weight is 301 g/mol. The van der Waals surface area contributed by atoms with Crippen molar-refractivity contribution < 1.29 is 9.90 Å². The van der Waals surface area contributed by atoms with E-state index in [1.54, 1.807) is 0 Å². The molecule has 3 N–H and O–H groups in total. The first-order chi connectivity index (χ1) is 5.09. The molecule has 0 spiro atoms. The predicted molar refractivity (Wildman–Crippen MR) is 52.3 cm³/mol. The molecule has 7 heteroatoms. The zero-order valence-corrected chi connectivity index (χ0v) is 9.20. The first-order valence-corrected chi connectivity index (χ1v) is 3.59. The third-order valence-electron chi connectivity index (χ3n) is 1.04. The van der Waals surface area contributed by atoms with Crippen LogP contribution in [0.2, 0.25) is 0 Å². The van der Waals surface area contributed by atoms with Gasteiger partial charge in [-0.05, 0) is 15.9 Å². The molecule has 0 aliphatic rings. The van der Waals surface area contributed by atoms with Gasteiger partial charge < -0.3 is 10.8 Å². The lowest BCUT2D eigenvalue weighted by Gasteiger charge is -1.92. The maximum atomic E-state index is 10.2. The molecule has 1 aromatic rings. The average Bonchev–Trinajstić information content (AvgIpc) is 2.10. The van der Waals surface area contributed by atoms with E-state index in [9.17, 15) is 4.79 Å². The molecule has 0 aliphatic carbocycles. The first kappa shape index (κ1) is 11.4. The highest BCUT2D eigenvalue weighted by molar-refractivity contribution is 9.10. The number of carboxylic acid groups (broad SMARTS) is 1. The van der Waals surface area contributed by atoms with Gasteiger partial charge in [0.15, 0.2) is 5.82 Å². The smallest absolute Gasteiger partial charge is 0.325 e. The Bertz CT molecular complexity index is 267. The summed E-state index contributed by atoms with van der Waals surface area (Å²) in [6, 6.07) is 0. The van der Waals surface area contributed by atoms with Crippen molar-refractivity contribution in [2.45, 2.75) is 6.54 Å². The molecule has 5 nitrogen and oxygen atoms in total. The molecule has 0 atom stereocenters. The zero-order valence-electron chi connectivity index (χ0n) is 5.90. The van der Waals surface area contributed by atoms with Crippen LogP contribution >= 0.6 is 32.9 Å². The molecule has 0 fully saturated rings. The van der Waals surface area contributed by atoms with Crippen LogP contribution in [0.25, 0.3) is 0 Å². The molecular formula is C5H7Br2N3O2. The number of rotatable bonds is 2. The molecule has 0 aliphatic heterocycles. The second-order valence-corrected chi connectivity index (χ2v) is 2.81. The Hall–Kier alpha value is -0.560. The van der Waals surface area contributed by atoms with Crippen molar-refractivity contribution in [1.82, 2.24) is 9.78 Å². The molecule has 0 saturated heterocycles. The number of nitrogens with two attached hydrogens (primary N) is 1. The van der Waals surface area contributed by atoms with Crippen molar-refractivity contribution in [2.24, 2.45) is 0 Å². The van der Waals surface area contributed by atoms with E-state index in [1.807, 2.05) is 0 Å². The minimum atomic E-state index is -0.944. The van der Waals surface area contributed by atoms with Gasteiger partial charge in [0.2, 0.25) is 0 Å². The topological polar surface area (TPSA) is 81.1 Å². The lowest BCUT2D eigenvalue weighted by molar-refractivity contribution is -0.137. The second kappa shape index (κ2) is 4.46. The number of anilines is 1. The summed E-state index contributed by atoms with van der Waals surface area (Å²) in [5.74, 6) is -0.647. The Morgan fingerprint density at radius 1 is 1.83 bits per heavy atom. The molecule has 0 unspecified atom stereocenters. The molecular weight excluding hydrogens is 294 g/mol. The van der Waals surface area contributed by atoms with E-state index in [0.717, 1.165) is 0 Å². The second-order valence-electron chi connectivity index (χ2n) is 1.95. The Balaban J connectivity index is 0.00000121. The standard InChI is InChI=1S/C5H6BrN3O2.BrH/c6-3-1-9(2-4(10)11)8-5(3)7;/h1H,2H2,(H2,7,8)(H,10,11);1H. The maximum Gasteiger partial charge on any atom is 0.325 e. The fourth-order valence-corrected chi connectivity index (χ4v) is 0.947. The number of carboxylic acids is 1. The lowest BCUT2D eigenvalue weighted by atomic mass is 10.6. The summed E-state index contributed by atoms with van der Waals surface area (Å²) in [6.45, 7) is -0.171. The largest absolute Gasteiger partial charge is 0.480 e. The number of hydrogen-bond acceptors (Lipinski definition) is 3. The Kier molecular flexibility index (Phi) is 4.25. The molecule has 0 saturated carbocycles. The van der Waals surface area contributed by atoms with Crippen molar-refractivity contribution in [2.75, 3.05) is 5.73 Å². The maximum absolute atomic E-state index is 10.2. The molecule has 0 amide bonds. The summed E-state index contributed by atoms with van der Waals surface area (Å²) in [7, 11) is 0. The molecule has 68 valence electrons.